The van der Waals surface area contributed by atoms with Crippen molar-refractivity contribution in [3.05, 3.63) is 28.6 Å². The smallest absolute Gasteiger partial charge is 0.256 e. The maximum atomic E-state index is 11.5. The second kappa shape index (κ2) is 5.06. The van der Waals surface area contributed by atoms with E-state index in [4.69, 9.17) is 4.74 Å². The summed E-state index contributed by atoms with van der Waals surface area (Å²) in [7, 11) is -2.17. The van der Waals surface area contributed by atoms with Crippen molar-refractivity contribution in [3.63, 3.8) is 0 Å². The zero-order chi connectivity index (χ0) is 11.3. The van der Waals surface area contributed by atoms with Gasteiger partial charge >= 0.3 is 0 Å². The molecule has 7 heteroatoms. The fourth-order valence-electron chi connectivity index (χ4n) is 0.940. The van der Waals surface area contributed by atoms with Crippen molar-refractivity contribution < 1.29 is 13.2 Å². The Hall–Kier alpha value is -1.18. The molecule has 2 N–H and O–H groups in total. The summed E-state index contributed by atoms with van der Waals surface area (Å²) < 4.78 is 30.0. The first kappa shape index (κ1) is 11.9. The van der Waals surface area contributed by atoms with E-state index in [-0.39, 0.29) is 18.2 Å². The molecule has 0 amide bonds. The highest BCUT2D eigenvalue weighted by molar-refractivity contribution is 7.89. The number of sulfonamides is 1. The number of rotatable bonds is 5. The Balaban J connectivity index is 2.82. The summed E-state index contributed by atoms with van der Waals surface area (Å²) in [5, 5.41) is -0.147. The zero-order valence-corrected chi connectivity index (χ0v) is 9.00. The summed E-state index contributed by atoms with van der Waals surface area (Å²) in [6.45, 7) is 0.437. The monoisotopic (exact) mass is 232 g/mol. The average molecular weight is 232 g/mol. The lowest BCUT2D eigenvalue weighted by Crippen LogP contribution is -2.29. The summed E-state index contributed by atoms with van der Waals surface area (Å²) >= 11 is 0. The molecule has 0 spiro atoms. The fraction of sp³-hybridized carbons (Fsp3) is 0.375. The number of methoxy groups -OCH3 is 1. The fourth-order valence-corrected chi connectivity index (χ4v) is 1.94. The van der Waals surface area contributed by atoms with Crippen molar-refractivity contribution in [2.24, 2.45) is 0 Å². The number of aromatic amines is 1. The van der Waals surface area contributed by atoms with Crippen LogP contribution in [0.25, 0.3) is 0 Å². The van der Waals surface area contributed by atoms with Gasteiger partial charge in [0.1, 0.15) is 0 Å². The highest BCUT2D eigenvalue weighted by Crippen LogP contribution is 2.00. The summed E-state index contributed by atoms with van der Waals surface area (Å²) in [6.07, 6.45) is 0. The number of hydrogen-bond donors (Lipinski definition) is 2. The van der Waals surface area contributed by atoms with Gasteiger partial charge in [-0.3, -0.25) is 4.79 Å². The number of nitrogens with one attached hydrogen (secondary N) is 2. The lowest BCUT2D eigenvalue weighted by Gasteiger charge is -2.04. The Morgan fingerprint density at radius 1 is 1.47 bits per heavy atom. The molecule has 0 atom stereocenters. The SMILES string of the molecule is COCCNS(=O)(=O)c1cccc(=O)[nH]1. The topological polar surface area (TPSA) is 88.3 Å². The van der Waals surface area contributed by atoms with Gasteiger partial charge in [-0.25, -0.2) is 13.1 Å². The van der Waals surface area contributed by atoms with E-state index in [2.05, 4.69) is 9.71 Å². The molecule has 0 aliphatic heterocycles. The quantitative estimate of drug-likeness (QED) is 0.657. The Morgan fingerprint density at radius 2 is 2.20 bits per heavy atom. The average Bonchev–Trinajstić information content (AvgIpc) is 2.18. The molecule has 1 heterocycles. The van der Waals surface area contributed by atoms with Crippen LogP contribution in [0, 0.1) is 0 Å². The zero-order valence-electron chi connectivity index (χ0n) is 8.19. The van der Waals surface area contributed by atoms with Crippen molar-refractivity contribution >= 4 is 10.0 Å². The van der Waals surface area contributed by atoms with Gasteiger partial charge in [-0.2, -0.15) is 0 Å². The molecule has 0 aliphatic rings. The summed E-state index contributed by atoms with van der Waals surface area (Å²) in [5.41, 5.74) is -0.454. The maximum Gasteiger partial charge on any atom is 0.256 e. The van der Waals surface area contributed by atoms with E-state index in [1.807, 2.05) is 0 Å². The van der Waals surface area contributed by atoms with Crippen LogP contribution in [0.3, 0.4) is 0 Å². The number of ether oxygens (including phenoxy) is 1. The molecule has 0 unspecified atom stereocenters. The van der Waals surface area contributed by atoms with E-state index in [0.717, 1.165) is 0 Å². The first-order chi connectivity index (χ1) is 7.06. The highest BCUT2D eigenvalue weighted by atomic mass is 32.2. The Kier molecular flexibility index (Phi) is 4.01. The predicted molar refractivity (Wildman–Crippen MR) is 54.1 cm³/mol. The molecule has 1 rings (SSSR count). The number of aromatic nitrogens is 1. The van der Waals surface area contributed by atoms with Crippen LogP contribution in [0.5, 0.6) is 0 Å². The molecule has 0 aromatic carbocycles. The Morgan fingerprint density at radius 3 is 2.80 bits per heavy atom. The summed E-state index contributed by atoms with van der Waals surface area (Å²) in [6, 6.07) is 3.94. The molecular weight excluding hydrogens is 220 g/mol. The van der Waals surface area contributed by atoms with Crippen molar-refractivity contribution in [2.45, 2.75) is 5.03 Å². The highest BCUT2D eigenvalue weighted by Gasteiger charge is 2.13. The van der Waals surface area contributed by atoms with Crippen LogP contribution in [0.4, 0.5) is 0 Å². The lowest BCUT2D eigenvalue weighted by atomic mass is 10.5. The van der Waals surface area contributed by atoms with Crippen molar-refractivity contribution in [3.8, 4) is 0 Å². The van der Waals surface area contributed by atoms with Gasteiger partial charge < -0.3 is 9.72 Å². The minimum Gasteiger partial charge on any atom is -0.383 e. The molecule has 0 aliphatic carbocycles. The third-order valence-corrected chi connectivity index (χ3v) is 3.03. The van der Waals surface area contributed by atoms with Gasteiger partial charge in [0.05, 0.1) is 6.61 Å². The molecule has 0 saturated carbocycles. The van der Waals surface area contributed by atoms with Crippen LogP contribution >= 0.6 is 0 Å². The maximum absolute atomic E-state index is 11.5. The van der Waals surface area contributed by atoms with Crippen molar-refractivity contribution in [2.75, 3.05) is 20.3 Å². The van der Waals surface area contributed by atoms with E-state index in [0.29, 0.717) is 0 Å². The van der Waals surface area contributed by atoms with Gasteiger partial charge in [0.15, 0.2) is 5.03 Å². The van der Waals surface area contributed by atoms with Gasteiger partial charge in [-0.1, -0.05) is 6.07 Å². The van der Waals surface area contributed by atoms with Gasteiger partial charge in [0, 0.05) is 19.7 Å². The second-order valence-corrected chi connectivity index (χ2v) is 4.51. The van der Waals surface area contributed by atoms with Gasteiger partial charge in [0.2, 0.25) is 5.56 Å². The van der Waals surface area contributed by atoms with Gasteiger partial charge in [-0.15, -0.1) is 0 Å². The van der Waals surface area contributed by atoms with E-state index in [1.54, 1.807) is 0 Å². The largest absolute Gasteiger partial charge is 0.383 e. The number of hydrogen-bond acceptors (Lipinski definition) is 4. The molecule has 84 valence electrons. The lowest BCUT2D eigenvalue weighted by molar-refractivity contribution is 0.204. The minimum atomic E-state index is -3.64. The minimum absolute atomic E-state index is 0.147. The van der Waals surface area contributed by atoms with Crippen molar-refractivity contribution in [1.29, 1.82) is 0 Å². The summed E-state index contributed by atoms with van der Waals surface area (Å²) in [5.74, 6) is 0. The van der Waals surface area contributed by atoms with E-state index < -0.39 is 15.6 Å². The number of pyridine rings is 1. The first-order valence-corrected chi connectivity index (χ1v) is 5.72. The molecule has 0 bridgehead atoms. The standard InChI is InChI=1S/C8H12N2O4S/c1-14-6-5-9-15(12,13)8-4-2-3-7(11)10-8/h2-4,9H,5-6H2,1H3,(H,10,11). The van der Waals surface area contributed by atoms with Crippen LogP contribution in [0.15, 0.2) is 28.0 Å². The van der Waals surface area contributed by atoms with Crippen molar-refractivity contribution in [1.82, 2.24) is 9.71 Å². The van der Waals surface area contributed by atoms with Crippen LogP contribution in [-0.4, -0.2) is 33.7 Å². The first-order valence-electron chi connectivity index (χ1n) is 4.24. The number of H-pyrrole nitrogens is 1. The molecule has 6 nitrogen and oxygen atoms in total. The van der Waals surface area contributed by atoms with Crippen LogP contribution in [-0.2, 0) is 14.8 Å². The molecule has 0 fully saturated rings. The molecule has 1 aromatic heterocycles. The molecule has 1 aromatic rings. The van der Waals surface area contributed by atoms with Crippen LogP contribution in [0.1, 0.15) is 0 Å². The second-order valence-electron chi connectivity index (χ2n) is 2.77. The predicted octanol–water partition coefficient (Wildman–Crippen LogP) is -0.700. The normalized spacial score (nSPS) is 11.5. The Bertz CT molecular complexity index is 466. The van der Waals surface area contributed by atoms with Gasteiger partial charge in [0.25, 0.3) is 10.0 Å². The Labute approximate surface area is 87.3 Å². The molecular formula is C8H12N2O4S. The van der Waals surface area contributed by atoms with E-state index in [1.165, 1.54) is 25.3 Å². The third-order valence-electron chi connectivity index (χ3n) is 1.63. The van der Waals surface area contributed by atoms with Crippen LogP contribution < -0.4 is 10.3 Å². The third kappa shape index (κ3) is 3.46. The molecule has 0 saturated heterocycles. The van der Waals surface area contributed by atoms with E-state index >= 15 is 0 Å². The summed E-state index contributed by atoms with van der Waals surface area (Å²) in [4.78, 5) is 13.1. The molecule has 15 heavy (non-hydrogen) atoms. The van der Waals surface area contributed by atoms with Crippen LogP contribution in [0.2, 0.25) is 0 Å². The molecule has 0 radical (unpaired) electrons. The van der Waals surface area contributed by atoms with E-state index in [9.17, 15) is 13.2 Å². The van der Waals surface area contributed by atoms with Gasteiger partial charge in [-0.05, 0) is 6.07 Å².